The van der Waals surface area contributed by atoms with Crippen LogP contribution in [0.15, 0.2) is 30.4 Å². The molecule has 1 aliphatic rings. The van der Waals surface area contributed by atoms with E-state index in [1.807, 2.05) is 12.2 Å². The molecule has 0 fully saturated rings. The summed E-state index contributed by atoms with van der Waals surface area (Å²) in [6, 6.07) is 5.27. The monoisotopic (exact) mass is 318 g/mol. The first-order chi connectivity index (χ1) is 11.1. The molecule has 2 N–H and O–H groups in total. The minimum absolute atomic E-state index is 0.140. The lowest BCUT2D eigenvalue weighted by molar-refractivity contribution is -0.130. The highest BCUT2D eigenvalue weighted by atomic mass is 16.5. The Morgan fingerprint density at radius 3 is 2.61 bits per heavy atom. The summed E-state index contributed by atoms with van der Waals surface area (Å²) in [5.74, 6) is 0.542. The van der Waals surface area contributed by atoms with E-state index < -0.39 is 0 Å². The van der Waals surface area contributed by atoms with Gasteiger partial charge in [0.1, 0.15) is 0 Å². The highest BCUT2D eigenvalue weighted by Crippen LogP contribution is 2.27. The quantitative estimate of drug-likeness (QED) is 0.640. The number of benzene rings is 1. The molecule has 0 aromatic heterocycles. The fourth-order valence-corrected chi connectivity index (χ4v) is 2.48. The van der Waals surface area contributed by atoms with E-state index in [9.17, 15) is 9.59 Å². The summed E-state index contributed by atoms with van der Waals surface area (Å²) in [4.78, 5) is 23.9. The molecule has 2 rings (SSSR count). The Balaban J connectivity index is 1.86. The lowest BCUT2D eigenvalue weighted by Crippen LogP contribution is -2.45. The highest BCUT2D eigenvalue weighted by molar-refractivity contribution is 5.85. The molecule has 6 nitrogen and oxygen atoms in total. The number of amides is 2. The Kier molecular flexibility index (Phi) is 6.02. The third kappa shape index (κ3) is 4.74. The second kappa shape index (κ2) is 8.22. The van der Waals surface area contributed by atoms with Crippen LogP contribution in [0.25, 0.3) is 0 Å². The van der Waals surface area contributed by atoms with E-state index in [0.29, 0.717) is 11.5 Å². The third-order valence-electron chi connectivity index (χ3n) is 3.73. The lowest BCUT2D eigenvalue weighted by atomic mass is 9.95. The number of carbonyl (C=O) groups excluding carboxylic acids is 2. The zero-order valence-corrected chi connectivity index (χ0v) is 13.4. The zero-order valence-electron chi connectivity index (χ0n) is 13.4. The van der Waals surface area contributed by atoms with Crippen molar-refractivity contribution in [1.82, 2.24) is 10.9 Å². The number of allylic oxidation sites excluding steroid dienone is 1. The van der Waals surface area contributed by atoms with Crippen LogP contribution in [-0.2, 0) is 16.0 Å². The van der Waals surface area contributed by atoms with Crippen LogP contribution in [0.3, 0.4) is 0 Å². The lowest BCUT2D eigenvalue weighted by Gasteiger charge is -2.16. The first-order valence-corrected chi connectivity index (χ1v) is 7.60. The van der Waals surface area contributed by atoms with Crippen LogP contribution in [-0.4, -0.2) is 26.0 Å². The Bertz CT molecular complexity index is 598. The number of rotatable bonds is 5. The van der Waals surface area contributed by atoms with Crippen molar-refractivity contribution in [2.24, 2.45) is 5.92 Å². The number of nitrogens with one attached hydrogen (secondary N) is 2. The minimum Gasteiger partial charge on any atom is -0.493 e. The SMILES string of the molecule is COc1ccc(CC(=O)NNC(=O)C2C=CCCC2)cc1OC. The zero-order chi connectivity index (χ0) is 16.7. The summed E-state index contributed by atoms with van der Waals surface area (Å²) >= 11 is 0. The molecule has 0 heterocycles. The molecule has 0 spiro atoms. The van der Waals surface area contributed by atoms with Gasteiger partial charge in [0, 0.05) is 0 Å². The van der Waals surface area contributed by atoms with Crippen molar-refractivity contribution in [3.05, 3.63) is 35.9 Å². The maximum atomic E-state index is 11.9. The van der Waals surface area contributed by atoms with E-state index in [2.05, 4.69) is 10.9 Å². The summed E-state index contributed by atoms with van der Waals surface area (Å²) in [7, 11) is 3.10. The fraction of sp³-hybridized carbons (Fsp3) is 0.412. The van der Waals surface area contributed by atoms with Crippen molar-refractivity contribution in [2.45, 2.75) is 25.7 Å². The topological polar surface area (TPSA) is 76.7 Å². The van der Waals surface area contributed by atoms with Crippen LogP contribution >= 0.6 is 0 Å². The molecule has 0 saturated carbocycles. The molecule has 23 heavy (non-hydrogen) atoms. The maximum Gasteiger partial charge on any atom is 0.245 e. The number of hydrogen-bond donors (Lipinski definition) is 2. The number of methoxy groups -OCH3 is 2. The van der Waals surface area contributed by atoms with Crippen LogP contribution in [0.2, 0.25) is 0 Å². The van der Waals surface area contributed by atoms with Crippen LogP contribution in [0.4, 0.5) is 0 Å². The van der Waals surface area contributed by atoms with Gasteiger partial charge in [-0.05, 0) is 37.0 Å². The van der Waals surface area contributed by atoms with Gasteiger partial charge in [-0.2, -0.15) is 0 Å². The molecule has 0 aliphatic heterocycles. The normalized spacial score (nSPS) is 16.5. The molecule has 6 heteroatoms. The second-order valence-corrected chi connectivity index (χ2v) is 5.37. The molecule has 0 radical (unpaired) electrons. The van der Waals surface area contributed by atoms with Gasteiger partial charge in [0.15, 0.2) is 11.5 Å². The molecule has 0 bridgehead atoms. The third-order valence-corrected chi connectivity index (χ3v) is 3.73. The average Bonchev–Trinajstić information content (AvgIpc) is 2.60. The van der Waals surface area contributed by atoms with Gasteiger partial charge in [-0.3, -0.25) is 20.4 Å². The molecule has 1 unspecified atom stereocenters. The molecule has 124 valence electrons. The smallest absolute Gasteiger partial charge is 0.245 e. The van der Waals surface area contributed by atoms with Gasteiger partial charge in [-0.15, -0.1) is 0 Å². The van der Waals surface area contributed by atoms with Crippen molar-refractivity contribution in [1.29, 1.82) is 0 Å². The van der Waals surface area contributed by atoms with Crippen LogP contribution < -0.4 is 20.3 Å². The van der Waals surface area contributed by atoms with E-state index >= 15 is 0 Å². The van der Waals surface area contributed by atoms with Gasteiger partial charge in [0.2, 0.25) is 11.8 Å². The Morgan fingerprint density at radius 1 is 1.17 bits per heavy atom. The maximum absolute atomic E-state index is 11.9. The molecular weight excluding hydrogens is 296 g/mol. The molecular formula is C17H22N2O4. The molecule has 0 saturated heterocycles. The summed E-state index contributed by atoms with van der Waals surface area (Å²) < 4.78 is 10.4. The van der Waals surface area contributed by atoms with E-state index in [-0.39, 0.29) is 24.2 Å². The van der Waals surface area contributed by atoms with Crippen molar-refractivity contribution in [3.8, 4) is 11.5 Å². The summed E-state index contributed by atoms with van der Waals surface area (Å²) in [5, 5.41) is 0. The summed E-state index contributed by atoms with van der Waals surface area (Å²) in [6.07, 6.45) is 6.84. The van der Waals surface area contributed by atoms with Gasteiger partial charge in [-0.1, -0.05) is 18.2 Å². The Morgan fingerprint density at radius 2 is 1.96 bits per heavy atom. The Labute approximate surface area is 135 Å². The first kappa shape index (κ1) is 16.9. The van der Waals surface area contributed by atoms with Gasteiger partial charge in [0.05, 0.1) is 26.6 Å². The largest absolute Gasteiger partial charge is 0.493 e. The second-order valence-electron chi connectivity index (χ2n) is 5.37. The van der Waals surface area contributed by atoms with E-state index in [0.717, 1.165) is 24.8 Å². The molecule has 1 aromatic rings. The number of hydrazine groups is 1. The number of hydrogen-bond acceptors (Lipinski definition) is 4. The van der Waals surface area contributed by atoms with E-state index in [1.54, 1.807) is 32.4 Å². The molecule has 1 aromatic carbocycles. The van der Waals surface area contributed by atoms with Crippen molar-refractivity contribution in [2.75, 3.05) is 14.2 Å². The minimum atomic E-state index is -0.287. The predicted octanol–water partition coefficient (Wildman–Crippen LogP) is 1.75. The van der Waals surface area contributed by atoms with Crippen LogP contribution in [0, 0.1) is 5.92 Å². The van der Waals surface area contributed by atoms with Crippen LogP contribution in [0.1, 0.15) is 24.8 Å². The van der Waals surface area contributed by atoms with Gasteiger partial charge < -0.3 is 9.47 Å². The van der Waals surface area contributed by atoms with Crippen molar-refractivity contribution in [3.63, 3.8) is 0 Å². The van der Waals surface area contributed by atoms with Crippen LogP contribution in [0.5, 0.6) is 11.5 Å². The van der Waals surface area contributed by atoms with Gasteiger partial charge >= 0.3 is 0 Å². The van der Waals surface area contributed by atoms with E-state index in [1.165, 1.54) is 0 Å². The first-order valence-electron chi connectivity index (χ1n) is 7.60. The molecule has 2 amide bonds. The highest BCUT2D eigenvalue weighted by Gasteiger charge is 2.17. The fourth-order valence-electron chi connectivity index (χ4n) is 2.48. The van der Waals surface area contributed by atoms with E-state index in [4.69, 9.17) is 9.47 Å². The number of carbonyl (C=O) groups is 2. The summed E-state index contributed by atoms with van der Waals surface area (Å²) in [6.45, 7) is 0. The standard InChI is InChI=1S/C17H22N2O4/c1-22-14-9-8-12(10-15(14)23-2)11-16(20)18-19-17(21)13-6-4-3-5-7-13/h4,6,8-10,13H,3,5,7,11H2,1-2H3,(H,18,20)(H,19,21). The summed E-state index contributed by atoms with van der Waals surface area (Å²) in [5.41, 5.74) is 5.70. The molecule has 1 atom stereocenters. The average molecular weight is 318 g/mol. The van der Waals surface area contributed by atoms with Gasteiger partial charge in [-0.25, -0.2) is 0 Å². The predicted molar refractivity (Wildman–Crippen MR) is 86.0 cm³/mol. The Hall–Kier alpha value is -2.50. The van der Waals surface area contributed by atoms with Gasteiger partial charge in [0.25, 0.3) is 0 Å². The van der Waals surface area contributed by atoms with Crippen molar-refractivity contribution < 1.29 is 19.1 Å². The molecule has 1 aliphatic carbocycles. The van der Waals surface area contributed by atoms with Crippen molar-refractivity contribution >= 4 is 11.8 Å². The number of ether oxygens (including phenoxy) is 2.